The van der Waals surface area contributed by atoms with Crippen LogP contribution in [0.1, 0.15) is 24.9 Å². The maximum absolute atomic E-state index is 10.6. The van der Waals surface area contributed by atoms with Crippen molar-refractivity contribution in [2.75, 3.05) is 20.7 Å². The molecule has 2 unspecified atom stereocenters. The number of aliphatic carboxylic acids is 1. The van der Waals surface area contributed by atoms with Gasteiger partial charge in [0.1, 0.15) is 5.75 Å². The molecule has 2 atom stereocenters. The molecule has 3 rings (SSSR count). The van der Waals surface area contributed by atoms with Crippen LogP contribution < -0.4 is 4.74 Å². The first-order valence-corrected chi connectivity index (χ1v) is 8.98. The second-order valence-electron chi connectivity index (χ2n) is 6.92. The van der Waals surface area contributed by atoms with E-state index in [0.29, 0.717) is 5.75 Å². The molecule has 0 aliphatic heterocycles. The molecule has 1 aromatic heterocycles. The largest absolute Gasteiger partial charge is 0.493 e. The minimum Gasteiger partial charge on any atom is -0.493 e. The monoisotopic (exact) mass is 367 g/mol. The molecule has 0 aliphatic carbocycles. The Morgan fingerprint density at radius 2 is 1.96 bits per heavy atom. The van der Waals surface area contributed by atoms with Gasteiger partial charge >= 0.3 is 5.97 Å². The quantitative estimate of drug-likeness (QED) is 0.661. The van der Waals surface area contributed by atoms with Crippen molar-refractivity contribution in [2.24, 2.45) is 0 Å². The third-order valence-electron chi connectivity index (χ3n) is 4.88. The molecule has 0 saturated carbocycles. The van der Waals surface area contributed by atoms with Crippen molar-refractivity contribution in [3.8, 4) is 5.75 Å². The average Bonchev–Trinajstić information content (AvgIpc) is 3.15. The molecular weight excluding hydrogens is 342 g/mol. The number of carboxylic acids is 1. The van der Waals surface area contributed by atoms with Crippen molar-refractivity contribution in [3.05, 3.63) is 60.7 Å². The number of hydrogen-bond donors (Lipinski definition) is 1. The molecular formula is C21H25N3O3. The summed E-state index contributed by atoms with van der Waals surface area (Å²) in [6.07, 6.45) is 5.64. The van der Waals surface area contributed by atoms with Gasteiger partial charge in [-0.15, -0.1) is 0 Å². The number of aromatic nitrogens is 2. The van der Waals surface area contributed by atoms with Crippen LogP contribution in [-0.4, -0.2) is 52.3 Å². The lowest BCUT2D eigenvalue weighted by molar-refractivity contribution is -0.137. The number of fused-ring (bicyclic) bond motifs is 1. The van der Waals surface area contributed by atoms with Crippen LogP contribution in [-0.2, 0) is 4.79 Å². The van der Waals surface area contributed by atoms with E-state index in [1.165, 1.54) is 5.56 Å². The van der Waals surface area contributed by atoms with Gasteiger partial charge in [0.15, 0.2) is 0 Å². The molecule has 3 aromatic rings. The molecule has 0 spiro atoms. The number of carbonyl (C=O) groups is 1. The Labute approximate surface area is 159 Å². The van der Waals surface area contributed by atoms with Crippen LogP contribution in [0.5, 0.6) is 5.75 Å². The molecule has 1 heterocycles. The number of hydrogen-bond acceptors (Lipinski definition) is 4. The average molecular weight is 367 g/mol. The molecule has 6 heteroatoms. The Hall–Kier alpha value is -2.86. The predicted octanol–water partition coefficient (Wildman–Crippen LogP) is 3.43. The summed E-state index contributed by atoms with van der Waals surface area (Å²) in [5.41, 5.74) is 1.21. The lowest BCUT2D eigenvalue weighted by atomic mass is 9.96. The van der Waals surface area contributed by atoms with E-state index in [2.05, 4.69) is 53.7 Å². The standard InChI is InChI=1S/C21H25N3O3/c1-15(23(2)3)21(24-10-9-22-14-24)18-5-4-17-13-19(7-6-16(17)12-18)27-11-8-20(25)26/h4-7,9-10,12-15,21H,8,11H2,1-3H3,(H,25,26). The fourth-order valence-corrected chi connectivity index (χ4v) is 3.19. The zero-order valence-electron chi connectivity index (χ0n) is 15.9. The first kappa shape index (κ1) is 18.9. The summed E-state index contributed by atoms with van der Waals surface area (Å²) in [7, 11) is 4.16. The highest BCUT2D eigenvalue weighted by atomic mass is 16.5. The normalized spacial score (nSPS) is 13.6. The first-order chi connectivity index (χ1) is 13.0. The molecule has 0 aliphatic rings. The molecule has 2 aromatic carbocycles. The van der Waals surface area contributed by atoms with Crippen molar-refractivity contribution < 1.29 is 14.6 Å². The number of carboxylic acid groups (broad SMARTS) is 1. The van der Waals surface area contributed by atoms with Crippen LogP contribution in [0, 0.1) is 0 Å². The maximum atomic E-state index is 10.6. The van der Waals surface area contributed by atoms with Gasteiger partial charge in [-0.25, -0.2) is 4.98 Å². The lowest BCUT2D eigenvalue weighted by Gasteiger charge is -2.31. The van der Waals surface area contributed by atoms with Gasteiger partial charge in [0.2, 0.25) is 0 Å². The van der Waals surface area contributed by atoms with Crippen molar-refractivity contribution in [2.45, 2.75) is 25.4 Å². The highest BCUT2D eigenvalue weighted by Gasteiger charge is 2.22. The van der Waals surface area contributed by atoms with E-state index in [1.807, 2.05) is 30.7 Å². The number of imidazole rings is 1. The number of rotatable bonds is 8. The topological polar surface area (TPSA) is 67.6 Å². The molecule has 0 radical (unpaired) electrons. The van der Waals surface area contributed by atoms with E-state index >= 15 is 0 Å². The van der Waals surface area contributed by atoms with Crippen LogP contribution in [0.4, 0.5) is 0 Å². The third kappa shape index (κ3) is 4.46. The van der Waals surface area contributed by atoms with Crippen molar-refractivity contribution in [3.63, 3.8) is 0 Å². The van der Waals surface area contributed by atoms with Gasteiger partial charge < -0.3 is 19.3 Å². The fourth-order valence-electron chi connectivity index (χ4n) is 3.19. The molecule has 0 amide bonds. The number of nitrogens with zero attached hydrogens (tertiary/aromatic N) is 3. The Morgan fingerprint density at radius 3 is 2.63 bits per heavy atom. The van der Waals surface area contributed by atoms with E-state index < -0.39 is 5.97 Å². The van der Waals surface area contributed by atoms with Crippen molar-refractivity contribution in [1.82, 2.24) is 14.5 Å². The Kier molecular flexibility index (Phi) is 5.76. The van der Waals surface area contributed by atoms with Crippen LogP contribution >= 0.6 is 0 Å². The number of likely N-dealkylation sites (N-methyl/N-ethyl adjacent to an activating group) is 1. The smallest absolute Gasteiger partial charge is 0.306 e. The van der Waals surface area contributed by atoms with E-state index in [9.17, 15) is 4.79 Å². The Morgan fingerprint density at radius 1 is 1.22 bits per heavy atom. The van der Waals surface area contributed by atoms with E-state index in [-0.39, 0.29) is 25.1 Å². The summed E-state index contributed by atoms with van der Waals surface area (Å²) in [5, 5.41) is 10.9. The molecule has 142 valence electrons. The molecule has 1 N–H and O–H groups in total. The molecule has 27 heavy (non-hydrogen) atoms. The summed E-state index contributed by atoms with van der Waals surface area (Å²) in [5.74, 6) is -0.176. The molecule has 0 fully saturated rings. The summed E-state index contributed by atoms with van der Waals surface area (Å²) < 4.78 is 7.67. The summed E-state index contributed by atoms with van der Waals surface area (Å²) in [6.45, 7) is 2.37. The summed E-state index contributed by atoms with van der Waals surface area (Å²) in [6, 6.07) is 12.7. The summed E-state index contributed by atoms with van der Waals surface area (Å²) >= 11 is 0. The molecule has 0 saturated heterocycles. The van der Waals surface area contributed by atoms with Crippen LogP contribution in [0.15, 0.2) is 55.1 Å². The number of ether oxygens (including phenoxy) is 1. The van der Waals surface area contributed by atoms with E-state index in [1.54, 1.807) is 6.20 Å². The molecule has 0 bridgehead atoms. The van der Waals surface area contributed by atoms with E-state index in [0.717, 1.165) is 10.8 Å². The Bertz CT molecular complexity index is 906. The first-order valence-electron chi connectivity index (χ1n) is 8.98. The third-order valence-corrected chi connectivity index (χ3v) is 4.88. The lowest BCUT2D eigenvalue weighted by Crippen LogP contribution is -2.34. The second kappa shape index (κ2) is 8.22. The SMILES string of the molecule is CC(C(c1ccc2cc(OCCC(=O)O)ccc2c1)n1ccnc1)N(C)C. The van der Waals surface area contributed by atoms with Gasteiger partial charge in [-0.3, -0.25) is 4.79 Å². The highest BCUT2D eigenvalue weighted by Crippen LogP contribution is 2.29. The van der Waals surface area contributed by atoms with Gasteiger partial charge in [0.25, 0.3) is 0 Å². The highest BCUT2D eigenvalue weighted by molar-refractivity contribution is 5.84. The number of benzene rings is 2. The zero-order valence-corrected chi connectivity index (χ0v) is 15.9. The minimum atomic E-state index is -0.860. The van der Waals surface area contributed by atoms with Gasteiger partial charge in [0, 0.05) is 18.4 Å². The van der Waals surface area contributed by atoms with Gasteiger partial charge in [-0.1, -0.05) is 18.2 Å². The maximum Gasteiger partial charge on any atom is 0.306 e. The van der Waals surface area contributed by atoms with Crippen molar-refractivity contribution >= 4 is 16.7 Å². The van der Waals surface area contributed by atoms with Gasteiger partial charge in [0.05, 0.1) is 25.4 Å². The van der Waals surface area contributed by atoms with Crippen molar-refractivity contribution in [1.29, 1.82) is 0 Å². The van der Waals surface area contributed by atoms with Crippen LogP contribution in [0.2, 0.25) is 0 Å². The fraction of sp³-hybridized carbons (Fsp3) is 0.333. The summed E-state index contributed by atoms with van der Waals surface area (Å²) in [4.78, 5) is 17.0. The van der Waals surface area contributed by atoms with Gasteiger partial charge in [-0.2, -0.15) is 0 Å². The van der Waals surface area contributed by atoms with E-state index in [4.69, 9.17) is 9.84 Å². The minimum absolute atomic E-state index is 0.00795. The van der Waals surface area contributed by atoms with Gasteiger partial charge in [-0.05, 0) is 55.6 Å². The second-order valence-corrected chi connectivity index (χ2v) is 6.92. The Balaban J connectivity index is 1.89. The van der Waals surface area contributed by atoms with Crippen LogP contribution in [0.25, 0.3) is 10.8 Å². The molecule has 6 nitrogen and oxygen atoms in total. The van der Waals surface area contributed by atoms with Crippen LogP contribution in [0.3, 0.4) is 0 Å². The zero-order chi connectivity index (χ0) is 19.4. The predicted molar refractivity (Wildman–Crippen MR) is 105 cm³/mol.